The molecule has 21 heavy (non-hydrogen) atoms. The Morgan fingerprint density at radius 2 is 2.14 bits per heavy atom. The zero-order chi connectivity index (χ0) is 15.2. The van der Waals surface area contributed by atoms with Gasteiger partial charge < -0.3 is 10.6 Å². The molecule has 2 N–H and O–H groups in total. The lowest BCUT2D eigenvalue weighted by Crippen LogP contribution is -2.22. The van der Waals surface area contributed by atoms with E-state index in [-0.39, 0.29) is 11.9 Å². The Balaban J connectivity index is 2.09. The molecule has 0 aliphatic heterocycles. The van der Waals surface area contributed by atoms with Crippen molar-refractivity contribution in [3.8, 4) is 0 Å². The Bertz CT molecular complexity index is 590. The number of anilines is 1. The lowest BCUT2D eigenvalue weighted by Gasteiger charge is -2.18. The van der Waals surface area contributed by atoms with Gasteiger partial charge in [-0.05, 0) is 31.5 Å². The minimum Gasteiger partial charge on any atom is -0.362 e. The van der Waals surface area contributed by atoms with Crippen LogP contribution < -0.4 is 10.6 Å². The van der Waals surface area contributed by atoms with E-state index in [9.17, 15) is 4.79 Å². The zero-order valence-electron chi connectivity index (χ0n) is 12.6. The summed E-state index contributed by atoms with van der Waals surface area (Å²) in [6.07, 6.45) is 4.29. The van der Waals surface area contributed by atoms with E-state index in [0.717, 1.165) is 17.9 Å². The van der Waals surface area contributed by atoms with Gasteiger partial charge >= 0.3 is 0 Å². The Morgan fingerprint density at radius 3 is 2.67 bits per heavy atom. The second kappa shape index (κ2) is 6.88. The quantitative estimate of drug-likeness (QED) is 0.853. The van der Waals surface area contributed by atoms with Crippen LogP contribution in [0.25, 0.3) is 0 Å². The van der Waals surface area contributed by atoms with Gasteiger partial charge in [-0.15, -0.1) is 0 Å². The highest BCUT2D eigenvalue weighted by molar-refractivity contribution is 5.93. The van der Waals surface area contributed by atoms with Gasteiger partial charge in [0, 0.05) is 26.0 Å². The number of pyridine rings is 1. The molecule has 1 unspecified atom stereocenters. The second-order valence-electron chi connectivity index (χ2n) is 4.78. The van der Waals surface area contributed by atoms with Gasteiger partial charge in [-0.3, -0.25) is 9.48 Å². The summed E-state index contributed by atoms with van der Waals surface area (Å²) in [5, 5.41) is 10.3. The van der Waals surface area contributed by atoms with Crippen molar-refractivity contribution in [3.05, 3.63) is 41.9 Å². The molecular weight excluding hydrogens is 266 g/mol. The molecule has 0 saturated carbocycles. The molecule has 0 fully saturated rings. The summed E-state index contributed by atoms with van der Waals surface area (Å²) in [7, 11) is 1.92. The molecule has 1 amide bonds. The zero-order valence-corrected chi connectivity index (χ0v) is 12.6. The van der Waals surface area contributed by atoms with Crippen LogP contribution in [0.5, 0.6) is 0 Å². The van der Waals surface area contributed by atoms with Crippen molar-refractivity contribution >= 4 is 11.7 Å². The smallest absolute Gasteiger partial charge is 0.252 e. The van der Waals surface area contributed by atoms with Crippen molar-refractivity contribution in [2.75, 3.05) is 11.9 Å². The van der Waals surface area contributed by atoms with Crippen LogP contribution in [0.1, 0.15) is 42.4 Å². The summed E-state index contributed by atoms with van der Waals surface area (Å²) in [5.74, 6) is 0.645. The molecule has 0 bridgehead atoms. The summed E-state index contributed by atoms with van der Waals surface area (Å²) in [6.45, 7) is 4.60. The Hall–Kier alpha value is -2.37. The van der Waals surface area contributed by atoms with E-state index in [0.29, 0.717) is 12.1 Å². The Labute approximate surface area is 124 Å². The second-order valence-corrected chi connectivity index (χ2v) is 4.78. The summed E-state index contributed by atoms with van der Waals surface area (Å²) < 4.78 is 1.85. The molecule has 0 spiro atoms. The summed E-state index contributed by atoms with van der Waals surface area (Å²) in [5.41, 5.74) is 1.67. The van der Waals surface area contributed by atoms with Crippen LogP contribution >= 0.6 is 0 Å². The van der Waals surface area contributed by atoms with E-state index in [2.05, 4.69) is 27.6 Å². The van der Waals surface area contributed by atoms with Crippen molar-refractivity contribution in [1.82, 2.24) is 20.1 Å². The van der Waals surface area contributed by atoms with Crippen molar-refractivity contribution in [1.29, 1.82) is 0 Å². The number of hydrogen-bond donors (Lipinski definition) is 2. The summed E-state index contributed by atoms with van der Waals surface area (Å²) in [4.78, 5) is 16.0. The van der Waals surface area contributed by atoms with Gasteiger partial charge in [0.25, 0.3) is 5.91 Å². The molecule has 0 saturated heterocycles. The molecule has 6 nitrogen and oxygen atoms in total. The van der Waals surface area contributed by atoms with Crippen LogP contribution in [0.2, 0.25) is 0 Å². The molecule has 1 atom stereocenters. The number of nitrogens with zero attached hydrogens (tertiary/aromatic N) is 3. The molecule has 2 heterocycles. The molecule has 2 rings (SSSR count). The molecule has 2 aromatic heterocycles. The maximum atomic E-state index is 11.7. The van der Waals surface area contributed by atoms with Crippen LogP contribution in [-0.2, 0) is 7.05 Å². The average molecular weight is 287 g/mol. The minimum atomic E-state index is -0.102. The Morgan fingerprint density at radius 1 is 1.33 bits per heavy atom. The Kier molecular flexibility index (Phi) is 4.92. The first kappa shape index (κ1) is 15.0. The number of rotatable bonds is 6. The monoisotopic (exact) mass is 287 g/mol. The van der Waals surface area contributed by atoms with E-state index in [1.54, 1.807) is 18.5 Å². The number of aromatic nitrogens is 3. The average Bonchev–Trinajstić information content (AvgIpc) is 2.92. The minimum absolute atomic E-state index is 0.102. The van der Waals surface area contributed by atoms with E-state index in [1.807, 2.05) is 30.8 Å². The predicted molar refractivity (Wildman–Crippen MR) is 82.1 cm³/mol. The molecule has 112 valence electrons. The first-order valence-corrected chi connectivity index (χ1v) is 7.14. The normalized spacial score (nSPS) is 12.0. The lowest BCUT2D eigenvalue weighted by molar-refractivity contribution is 0.0955. The molecule has 2 aromatic rings. The van der Waals surface area contributed by atoms with Gasteiger partial charge in [0.2, 0.25) is 0 Å². The largest absolute Gasteiger partial charge is 0.362 e. The van der Waals surface area contributed by atoms with Crippen LogP contribution in [-0.4, -0.2) is 27.2 Å². The first-order chi connectivity index (χ1) is 10.2. The fourth-order valence-electron chi connectivity index (χ4n) is 2.17. The van der Waals surface area contributed by atoms with Crippen LogP contribution in [0, 0.1) is 0 Å². The molecule has 0 aliphatic carbocycles. The fraction of sp³-hybridized carbons (Fsp3) is 0.400. The van der Waals surface area contributed by atoms with Gasteiger partial charge in [0.15, 0.2) is 0 Å². The highest BCUT2D eigenvalue weighted by Crippen LogP contribution is 2.20. The SMILES string of the molecule is CCNC(=O)c1ccc(NC(CC)c2ccnn2C)nc1. The van der Waals surface area contributed by atoms with Gasteiger partial charge in [0.1, 0.15) is 5.82 Å². The van der Waals surface area contributed by atoms with E-state index >= 15 is 0 Å². The summed E-state index contributed by atoms with van der Waals surface area (Å²) in [6, 6.07) is 5.73. The van der Waals surface area contributed by atoms with Crippen LogP contribution in [0.4, 0.5) is 5.82 Å². The number of nitrogens with one attached hydrogen (secondary N) is 2. The van der Waals surface area contributed by atoms with E-state index in [1.165, 1.54) is 0 Å². The number of aryl methyl sites for hydroxylation is 1. The van der Waals surface area contributed by atoms with Crippen molar-refractivity contribution in [2.45, 2.75) is 26.3 Å². The number of carbonyl (C=O) groups is 1. The standard InChI is InChI=1S/C15H21N5O/c1-4-12(13-8-9-18-20(13)3)19-14-7-6-11(10-17-14)15(21)16-5-2/h6-10,12H,4-5H2,1-3H3,(H,16,21)(H,17,19). The number of carbonyl (C=O) groups excluding carboxylic acids is 1. The van der Waals surface area contributed by atoms with Crippen molar-refractivity contribution in [2.24, 2.45) is 7.05 Å². The molecule has 0 aromatic carbocycles. The van der Waals surface area contributed by atoms with Crippen molar-refractivity contribution in [3.63, 3.8) is 0 Å². The maximum Gasteiger partial charge on any atom is 0.252 e. The highest BCUT2D eigenvalue weighted by Gasteiger charge is 2.13. The topological polar surface area (TPSA) is 71.8 Å². The van der Waals surface area contributed by atoms with E-state index < -0.39 is 0 Å². The van der Waals surface area contributed by atoms with Gasteiger partial charge in [-0.25, -0.2) is 4.98 Å². The highest BCUT2D eigenvalue weighted by atomic mass is 16.1. The summed E-state index contributed by atoms with van der Waals surface area (Å²) >= 11 is 0. The third-order valence-electron chi connectivity index (χ3n) is 3.31. The third-order valence-corrected chi connectivity index (χ3v) is 3.31. The molecule has 6 heteroatoms. The first-order valence-electron chi connectivity index (χ1n) is 7.14. The lowest BCUT2D eigenvalue weighted by atomic mass is 10.1. The van der Waals surface area contributed by atoms with Gasteiger partial charge in [-0.1, -0.05) is 6.92 Å². The van der Waals surface area contributed by atoms with Crippen molar-refractivity contribution < 1.29 is 4.79 Å². The van der Waals surface area contributed by atoms with Crippen LogP contribution in [0.3, 0.4) is 0 Å². The molecular formula is C15H21N5O. The number of hydrogen-bond acceptors (Lipinski definition) is 4. The van der Waals surface area contributed by atoms with E-state index in [4.69, 9.17) is 0 Å². The third kappa shape index (κ3) is 3.59. The fourth-order valence-corrected chi connectivity index (χ4v) is 2.17. The number of amides is 1. The molecule has 0 aliphatic rings. The van der Waals surface area contributed by atoms with Gasteiger partial charge in [0.05, 0.1) is 17.3 Å². The van der Waals surface area contributed by atoms with Gasteiger partial charge in [-0.2, -0.15) is 5.10 Å². The van der Waals surface area contributed by atoms with Crippen LogP contribution in [0.15, 0.2) is 30.6 Å². The maximum absolute atomic E-state index is 11.7. The molecule has 0 radical (unpaired) electrons. The predicted octanol–water partition coefficient (Wildman–Crippen LogP) is 2.13.